The van der Waals surface area contributed by atoms with Crippen molar-refractivity contribution < 1.29 is 14.2 Å². The van der Waals surface area contributed by atoms with Gasteiger partial charge in [0.25, 0.3) is 0 Å². The molecular weight excluding hydrogens is 220 g/mol. The van der Waals surface area contributed by atoms with Gasteiger partial charge in [-0.05, 0) is 12.8 Å². The minimum atomic E-state index is 0.272. The van der Waals surface area contributed by atoms with Gasteiger partial charge in [-0.25, -0.2) is 0 Å². The van der Waals surface area contributed by atoms with Crippen LogP contribution < -0.4 is 5.73 Å². The molecule has 17 heavy (non-hydrogen) atoms. The lowest BCUT2D eigenvalue weighted by atomic mass is 10.1. The zero-order valence-corrected chi connectivity index (χ0v) is 11.1. The molecule has 1 aliphatic heterocycles. The molecule has 1 saturated heterocycles. The summed E-state index contributed by atoms with van der Waals surface area (Å²) in [6, 6.07) is 0.280. The Hall–Kier alpha value is -0.200. The molecule has 0 spiro atoms. The molecule has 1 rings (SSSR count). The van der Waals surface area contributed by atoms with Gasteiger partial charge in [0.05, 0.1) is 19.3 Å². The third-order valence-electron chi connectivity index (χ3n) is 3.27. The van der Waals surface area contributed by atoms with Crippen molar-refractivity contribution >= 4 is 0 Å². The number of ether oxygens (including phenoxy) is 3. The number of rotatable bonds is 9. The van der Waals surface area contributed by atoms with Crippen molar-refractivity contribution in [3.63, 3.8) is 0 Å². The standard InChI is InChI=1S/C12H26N2O3/c1-15-8-5-14(6-9-16-2)11(10-13)12-4-3-7-17-12/h11-12H,3-10,13H2,1-2H3. The maximum absolute atomic E-state index is 5.89. The molecule has 2 atom stereocenters. The van der Waals surface area contributed by atoms with Crippen LogP contribution in [0.5, 0.6) is 0 Å². The molecule has 0 aromatic carbocycles. The Kier molecular flexibility index (Phi) is 7.72. The maximum Gasteiger partial charge on any atom is 0.0743 e. The summed E-state index contributed by atoms with van der Waals surface area (Å²) >= 11 is 0. The summed E-state index contributed by atoms with van der Waals surface area (Å²) in [4.78, 5) is 2.32. The second kappa shape index (κ2) is 8.83. The lowest BCUT2D eigenvalue weighted by molar-refractivity contribution is 0.00768. The van der Waals surface area contributed by atoms with Gasteiger partial charge < -0.3 is 19.9 Å². The van der Waals surface area contributed by atoms with Crippen molar-refractivity contribution in [1.82, 2.24) is 4.90 Å². The Morgan fingerprint density at radius 2 is 1.94 bits per heavy atom. The number of methoxy groups -OCH3 is 2. The van der Waals surface area contributed by atoms with Crippen molar-refractivity contribution in [2.24, 2.45) is 5.73 Å². The van der Waals surface area contributed by atoms with Gasteiger partial charge in [-0.2, -0.15) is 0 Å². The van der Waals surface area contributed by atoms with Gasteiger partial charge in [-0.3, -0.25) is 4.90 Å². The van der Waals surface area contributed by atoms with Gasteiger partial charge in [0, 0.05) is 46.5 Å². The van der Waals surface area contributed by atoms with E-state index in [0.29, 0.717) is 19.8 Å². The predicted octanol–water partition coefficient (Wildman–Crippen LogP) is 0.0875. The van der Waals surface area contributed by atoms with E-state index in [2.05, 4.69) is 4.90 Å². The summed E-state index contributed by atoms with van der Waals surface area (Å²) in [5.74, 6) is 0. The van der Waals surface area contributed by atoms with E-state index in [4.69, 9.17) is 19.9 Å². The summed E-state index contributed by atoms with van der Waals surface area (Å²) in [7, 11) is 3.44. The first-order chi connectivity index (χ1) is 8.33. The lowest BCUT2D eigenvalue weighted by Crippen LogP contribution is -2.50. The van der Waals surface area contributed by atoms with Gasteiger partial charge in [-0.1, -0.05) is 0 Å². The SMILES string of the molecule is COCCN(CCOC)C(CN)C1CCCO1. The van der Waals surface area contributed by atoms with Crippen molar-refractivity contribution in [3.8, 4) is 0 Å². The lowest BCUT2D eigenvalue weighted by Gasteiger charge is -2.34. The second-order valence-corrected chi connectivity index (χ2v) is 4.38. The third kappa shape index (κ3) is 4.89. The molecule has 1 aliphatic rings. The van der Waals surface area contributed by atoms with Crippen LogP contribution in [-0.2, 0) is 14.2 Å². The van der Waals surface area contributed by atoms with Crippen molar-refractivity contribution in [3.05, 3.63) is 0 Å². The zero-order chi connectivity index (χ0) is 12.5. The number of nitrogens with two attached hydrogens (primary N) is 1. The Morgan fingerprint density at radius 1 is 1.29 bits per heavy atom. The van der Waals surface area contributed by atoms with Crippen LogP contribution >= 0.6 is 0 Å². The van der Waals surface area contributed by atoms with E-state index in [1.807, 2.05) is 0 Å². The van der Waals surface area contributed by atoms with E-state index >= 15 is 0 Å². The highest BCUT2D eigenvalue weighted by Crippen LogP contribution is 2.19. The third-order valence-corrected chi connectivity index (χ3v) is 3.27. The molecule has 1 heterocycles. The molecule has 0 aliphatic carbocycles. The fraction of sp³-hybridized carbons (Fsp3) is 1.00. The Bertz CT molecular complexity index is 179. The smallest absolute Gasteiger partial charge is 0.0743 e. The van der Waals surface area contributed by atoms with Crippen LogP contribution in [-0.4, -0.2) is 70.7 Å². The van der Waals surface area contributed by atoms with Crippen LogP contribution in [0.3, 0.4) is 0 Å². The number of hydrogen-bond donors (Lipinski definition) is 1. The fourth-order valence-corrected chi connectivity index (χ4v) is 2.30. The maximum atomic E-state index is 5.89. The number of hydrogen-bond acceptors (Lipinski definition) is 5. The van der Waals surface area contributed by atoms with E-state index in [9.17, 15) is 0 Å². The van der Waals surface area contributed by atoms with Crippen LogP contribution in [0, 0.1) is 0 Å². The quantitative estimate of drug-likeness (QED) is 0.625. The Balaban J connectivity index is 2.49. The van der Waals surface area contributed by atoms with E-state index in [0.717, 1.165) is 32.5 Å². The van der Waals surface area contributed by atoms with Gasteiger partial charge in [-0.15, -0.1) is 0 Å². The zero-order valence-electron chi connectivity index (χ0n) is 11.1. The average molecular weight is 246 g/mol. The van der Waals surface area contributed by atoms with E-state index < -0.39 is 0 Å². The fourth-order valence-electron chi connectivity index (χ4n) is 2.30. The minimum Gasteiger partial charge on any atom is -0.383 e. The molecule has 1 fully saturated rings. The second-order valence-electron chi connectivity index (χ2n) is 4.38. The van der Waals surface area contributed by atoms with E-state index in [1.54, 1.807) is 14.2 Å². The van der Waals surface area contributed by atoms with Crippen LogP contribution in [0.15, 0.2) is 0 Å². The normalized spacial score (nSPS) is 22.2. The summed E-state index contributed by atoms with van der Waals surface area (Å²) in [6.07, 6.45) is 2.52. The molecule has 0 bridgehead atoms. The molecule has 0 radical (unpaired) electrons. The van der Waals surface area contributed by atoms with Crippen LogP contribution in [0.1, 0.15) is 12.8 Å². The van der Waals surface area contributed by atoms with Gasteiger partial charge >= 0.3 is 0 Å². The van der Waals surface area contributed by atoms with Gasteiger partial charge in [0.15, 0.2) is 0 Å². The topological polar surface area (TPSA) is 57.0 Å². The number of nitrogens with zero attached hydrogens (tertiary/aromatic N) is 1. The van der Waals surface area contributed by atoms with E-state index in [1.165, 1.54) is 0 Å². The van der Waals surface area contributed by atoms with Crippen molar-refractivity contribution in [2.75, 3.05) is 53.7 Å². The molecule has 0 aromatic rings. The van der Waals surface area contributed by atoms with E-state index in [-0.39, 0.29) is 12.1 Å². The first kappa shape index (κ1) is 14.9. The highest BCUT2D eigenvalue weighted by Gasteiger charge is 2.29. The summed E-state index contributed by atoms with van der Waals surface area (Å²) in [5.41, 5.74) is 5.89. The summed E-state index contributed by atoms with van der Waals surface area (Å²) < 4.78 is 16.0. The molecule has 0 saturated carbocycles. The van der Waals surface area contributed by atoms with Crippen LogP contribution in [0.25, 0.3) is 0 Å². The molecule has 5 nitrogen and oxygen atoms in total. The Labute approximate surface area is 104 Å². The molecule has 0 amide bonds. The van der Waals surface area contributed by atoms with Crippen molar-refractivity contribution in [1.29, 1.82) is 0 Å². The predicted molar refractivity (Wildman–Crippen MR) is 67.1 cm³/mol. The molecule has 102 valence electrons. The Morgan fingerprint density at radius 3 is 2.35 bits per heavy atom. The molecule has 2 N–H and O–H groups in total. The molecule has 0 aromatic heterocycles. The van der Waals surface area contributed by atoms with Gasteiger partial charge in [0.2, 0.25) is 0 Å². The minimum absolute atomic E-state index is 0.272. The van der Waals surface area contributed by atoms with Crippen LogP contribution in [0.2, 0.25) is 0 Å². The highest BCUT2D eigenvalue weighted by atomic mass is 16.5. The van der Waals surface area contributed by atoms with Crippen molar-refractivity contribution in [2.45, 2.75) is 25.0 Å². The van der Waals surface area contributed by atoms with Gasteiger partial charge in [0.1, 0.15) is 0 Å². The first-order valence-corrected chi connectivity index (χ1v) is 6.37. The largest absolute Gasteiger partial charge is 0.383 e. The first-order valence-electron chi connectivity index (χ1n) is 6.37. The summed E-state index contributed by atoms with van der Waals surface area (Å²) in [6.45, 7) is 4.67. The molecule has 5 heteroatoms. The molecular formula is C12H26N2O3. The van der Waals surface area contributed by atoms with Crippen LogP contribution in [0.4, 0.5) is 0 Å². The average Bonchev–Trinajstić information content (AvgIpc) is 2.86. The monoisotopic (exact) mass is 246 g/mol. The molecule has 2 unspecified atom stereocenters. The highest BCUT2D eigenvalue weighted by molar-refractivity contribution is 4.84. The summed E-state index contributed by atoms with van der Waals surface area (Å²) in [5, 5.41) is 0.